The van der Waals surface area contributed by atoms with Gasteiger partial charge in [-0.05, 0) is 54.1 Å². The Bertz CT molecular complexity index is 528. The Kier molecular flexibility index (Phi) is 4.40. The van der Waals surface area contributed by atoms with Crippen LogP contribution in [-0.2, 0) is 0 Å². The van der Waals surface area contributed by atoms with Gasteiger partial charge in [-0.1, -0.05) is 0 Å². The molecule has 7 heteroatoms. The highest BCUT2D eigenvalue weighted by atomic mass is 79.9. The van der Waals surface area contributed by atoms with Crippen molar-refractivity contribution in [2.75, 3.05) is 24.5 Å². The number of pyridine rings is 1. The van der Waals surface area contributed by atoms with Crippen molar-refractivity contribution in [3.05, 3.63) is 27.0 Å². The molecule has 2 fully saturated rings. The second kappa shape index (κ2) is 6.27. The lowest BCUT2D eigenvalue weighted by Crippen LogP contribution is -2.43. The lowest BCUT2D eigenvalue weighted by Gasteiger charge is -2.34. The van der Waals surface area contributed by atoms with E-state index < -0.39 is 0 Å². The molecule has 0 unspecified atom stereocenters. The van der Waals surface area contributed by atoms with Crippen LogP contribution in [0.25, 0.3) is 0 Å². The molecule has 2 aliphatic rings. The van der Waals surface area contributed by atoms with Gasteiger partial charge in [0.05, 0.1) is 9.40 Å². The fourth-order valence-corrected chi connectivity index (χ4v) is 3.40. The fourth-order valence-electron chi connectivity index (χ4n) is 2.83. The number of nitrogens with one attached hydrogen (secondary N) is 1. The number of nitrogens with zero attached hydrogens (tertiary/aromatic N) is 3. The molecule has 2 heterocycles. The molecule has 0 spiro atoms. The first-order chi connectivity index (χ1) is 10.1. The van der Waals surface area contributed by atoms with Gasteiger partial charge in [0, 0.05) is 25.3 Å². The van der Waals surface area contributed by atoms with Crippen LogP contribution in [0, 0.1) is 16.0 Å². The van der Waals surface area contributed by atoms with Gasteiger partial charge < -0.3 is 10.2 Å². The first kappa shape index (κ1) is 14.7. The number of hydrogen-bond donors (Lipinski definition) is 1. The third kappa shape index (κ3) is 3.52. The van der Waals surface area contributed by atoms with Crippen LogP contribution in [-0.4, -0.2) is 35.6 Å². The summed E-state index contributed by atoms with van der Waals surface area (Å²) in [4.78, 5) is 16.8. The minimum atomic E-state index is -0.357. The number of piperidine rings is 1. The zero-order chi connectivity index (χ0) is 14.8. The third-order valence-corrected chi connectivity index (χ3v) is 4.83. The van der Waals surface area contributed by atoms with E-state index in [0.717, 1.165) is 38.4 Å². The summed E-state index contributed by atoms with van der Waals surface area (Å²) in [5.41, 5.74) is 0.740. The molecular weight excluding hydrogens is 336 g/mol. The SMILES string of the molecule is O=[N+]([O-])c1cncc(Br)c1N1CCC(NCC2CC2)CC1. The molecule has 6 nitrogen and oxygen atoms in total. The van der Waals surface area contributed by atoms with Gasteiger partial charge in [-0.2, -0.15) is 0 Å². The predicted octanol–water partition coefficient (Wildman–Crippen LogP) is 2.72. The Balaban J connectivity index is 1.64. The summed E-state index contributed by atoms with van der Waals surface area (Å²) in [5, 5.41) is 14.8. The van der Waals surface area contributed by atoms with Gasteiger partial charge in [-0.15, -0.1) is 0 Å². The van der Waals surface area contributed by atoms with Crippen molar-refractivity contribution in [3.8, 4) is 0 Å². The van der Waals surface area contributed by atoms with Crippen molar-refractivity contribution < 1.29 is 4.92 Å². The number of anilines is 1. The largest absolute Gasteiger partial charge is 0.365 e. The predicted molar refractivity (Wildman–Crippen MR) is 84.6 cm³/mol. The van der Waals surface area contributed by atoms with Crippen LogP contribution in [0.1, 0.15) is 25.7 Å². The van der Waals surface area contributed by atoms with Crippen molar-refractivity contribution >= 4 is 27.3 Å². The maximum absolute atomic E-state index is 11.2. The lowest BCUT2D eigenvalue weighted by molar-refractivity contribution is -0.384. The molecule has 0 bridgehead atoms. The highest BCUT2D eigenvalue weighted by Crippen LogP contribution is 2.36. The van der Waals surface area contributed by atoms with E-state index >= 15 is 0 Å². The smallest absolute Gasteiger partial charge is 0.311 e. The van der Waals surface area contributed by atoms with Crippen molar-refractivity contribution in [2.24, 2.45) is 5.92 Å². The van der Waals surface area contributed by atoms with Crippen LogP contribution in [0.3, 0.4) is 0 Å². The molecule has 1 aliphatic heterocycles. The molecule has 1 N–H and O–H groups in total. The van der Waals surface area contributed by atoms with E-state index in [1.165, 1.54) is 19.0 Å². The average Bonchev–Trinajstić information content (AvgIpc) is 3.30. The second-order valence-corrected chi connectivity index (χ2v) is 6.71. The van der Waals surface area contributed by atoms with E-state index in [4.69, 9.17) is 0 Å². The van der Waals surface area contributed by atoms with E-state index in [2.05, 4.69) is 31.1 Å². The van der Waals surface area contributed by atoms with Gasteiger partial charge >= 0.3 is 5.69 Å². The molecular formula is C14H19BrN4O2. The second-order valence-electron chi connectivity index (χ2n) is 5.86. The summed E-state index contributed by atoms with van der Waals surface area (Å²) in [5.74, 6) is 0.887. The standard InChI is InChI=1S/C14H19BrN4O2/c15-12-8-16-9-13(19(20)21)14(12)18-5-3-11(4-6-18)17-7-10-1-2-10/h8-11,17H,1-7H2. The minimum absolute atomic E-state index is 0.0776. The minimum Gasteiger partial charge on any atom is -0.365 e. The monoisotopic (exact) mass is 354 g/mol. The molecule has 0 radical (unpaired) electrons. The Morgan fingerprint density at radius 2 is 2.05 bits per heavy atom. The van der Waals surface area contributed by atoms with Gasteiger partial charge in [0.1, 0.15) is 11.9 Å². The molecule has 0 atom stereocenters. The van der Waals surface area contributed by atoms with Crippen LogP contribution in [0.4, 0.5) is 11.4 Å². The quantitative estimate of drug-likeness (QED) is 0.650. The number of nitro groups is 1. The molecule has 1 aliphatic carbocycles. The number of rotatable bonds is 5. The molecule has 0 amide bonds. The van der Waals surface area contributed by atoms with Crippen molar-refractivity contribution in [1.82, 2.24) is 10.3 Å². The van der Waals surface area contributed by atoms with Crippen molar-refractivity contribution in [3.63, 3.8) is 0 Å². The lowest BCUT2D eigenvalue weighted by atomic mass is 10.0. The molecule has 1 aromatic heterocycles. The highest BCUT2D eigenvalue weighted by Gasteiger charge is 2.28. The van der Waals surface area contributed by atoms with Crippen LogP contribution in [0.2, 0.25) is 0 Å². The number of halogens is 1. The Labute approximate surface area is 132 Å². The van der Waals surface area contributed by atoms with E-state index in [0.29, 0.717) is 16.2 Å². The molecule has 114 valence electrons. The molecule has 1 saturated carbocycles. The van der Waals surface area contributed by atoms with Crippen LogP contribution in [0.15, 0.2) is 16.9 Å². The van der Waals surface area contributed by atoms with Crippen molar-refractivity contribution in [2.45, 2.75) is 31.7 Å². The molecule has 1 aromatic rings. The topological polar surface area (TPSA) is 71.3 Å². The summed E-state index contributed by atoms with van der Waals surface area (Å²) in [6.45, 7) is 2.81. The van der Waals surface area contributed by atoms with Crippen LogP contribution >= 0.6 is 15.9 Å². The first-order valence-electron chi connectivity index (χ1n) is 7.41. The molecule has 1 saturated heterocycles. The zero-order valence-corrected chi connectivity index (χ0v) is 13.4. The first-order valence-corrected chi connectivity index (χ1v) is 8.20. The van der Waals surface area contributed by atoms with E-state index in [-0.39, 0.29) is 10.6 Å². The van der Waals surface area contributed by atoms with Gasteiger partial charge in [0.15, 0.2) is 0 Å². The maximum Gasteiger partial charge on any atom is 0.311 e. The summed E-state index contributed by atoms with van der Waals surface area (Å²) < 4.78 is 0.695. The van der Waals surface area contributed by atoms with Gasteiger partial charge in [0.2, 0.25) is 0 Å². The Hall–Kier alpha value is -1.21. The summed E-state index contributed by atoms with van der Waals surface area (Å²) in [7, 11) is 0. The van der Waals surface area contributed by atoms with Gasteiger partial charge in [-0.25, -0.2) is 0 Å². The van der Waals surface area contributed by atoms with Crippen molar-refractivity contribution in [1.29, 1.82) is 0 Å². The van der Waals surface area contributed by atoms with E-state index in [1.54, 1.807) is 6.20 Å². The number of aromatic nitrogens is 1. The van der Waals surface area contributed by atoms with E-state index in [1.807, 2.05) is 0 Å². The Morgan fingerprint density at radius 1 is 1.33 bits per heavy atom. The Morgan fingerprint density at radius 3 is 2.67 bits per heavy atom. The normalized spacial score (nSPS) is 19.8. The summed E-state index contributed by atoms with van der Waals surface area (Å²) in [6.07, 6.45) is 7.73. The average molecular weight is 355 g/mol. The van der Waals surface area contributed by atoms with Crippen LogP contribution in [0.5, 0.6) is 0 Å². The molecule has 21 heavy (non-hydrogen) atoms. The third-order valence-electron chi connectivity index (χ3n) is 4.25. The maximum atomic E-state index is 11.2. The van der Waals surface area contributed by atoms with Crippen LogP contribution < -0.4 is 10.2 Å². The zero-order valence-electron chi connectivity index (χ0n) is 11.8. The van der Waals surface area contributed by atoms with Gasteiger partial charge in [0.25, 0.3) is 0 Å². The fraction of sp³-hybridized carbons (Fsp3) is 0.643. The summed E-state index contributed by atoms with van der Waals surface area (Å²) >= 11 is 3.40. The molecule has 3 rings (SSSR count). The number of hydrogen-bond acceptors (Lipinski definition) is 5. The van der Waals surface area contributed by atoms with E-state index in [9.17, 15) is 10.1 Å². The summed E-state index contributed by atoms with van der Waals surface area (Å²) in [6, 6.07) is 0.543. The molecule has 0 aromatic carbocycles. The highest BCUT2D eigenvalue weighted by molar-refractivity contribution is 9.10. The van der Waals surface area contributed by atoms with Gasteiger partial charge in [-0.3, -0.25) is 15.1 Å².